The van der Waals surface area contributed by atoms with Gasteiger partial charge in [-0.25, -0.2) is 0 Å². The number of unbranched alkanes of at least 4 members (excludes halogenated alkanes) is 1. The highest BCUT2D eigenvalue weighted by molar-refractivity contribution is 5.55. The number of nitrogens with zero attached hydrogens (tertiary/aromatic N) is 2. The minimum atomic E-state index is -0.297. The topological polar surface area (TPSA) is 92.2 Å². The normalized spacial score (nSPS) is 31.8. The molecule has 4 aliphatic rings. The van der Waals surface area contributed by atoms with Crippen LogP contribution in [0.5, 0.6) is 5.88 Å². The number of nitriles is 1. The van der Waals surface area contributed by atoms with Gasteiger partial charge in [0.1, 0.15) is 11.6 Å². The van der Waals surface area contributed by atoms with Crippen molar-refractivity contribution in [2.24, 2.45) is 11.7 Å². The molecule has 1 spiro atoms. The van der Waals surface area contributed by atoms with Gasteiger partial charge in [0.25, 0.3) is 0 Å². The predicted molar refractivity (Wildman–Crippen MR) is 84.6 cm³/mol. The van der Waals surface area contributed by atoms with Gasteiger partial charge >= 0.3 is 0 Å². The van der Waals surface area contributed by atoms with Crippen molar-refractivity contribution in [2.75, 3.05) is 19.6 Å². The first-order valence-corrected chi connectivity index (χ1v) is 8.70. The van der Waals surface area contributed by atoms with E-state index in [0.717, 1.165) is 49.9 Å². The van der Waals surface area contributed by atoms with Crippen LogP contribution in [0.2, 0.25) is 0 Å². The van der Waals surface area contributed by atoms with Crippen molar-refractivity contribution in [3.8, 4) is 11.9 Å². The average Bonchev–Trinajstić information content (AvgIpc) is 2.97. The highest BCUT2D eigenvalue weighted by Gasteiger charge is 2.59. The number of nitrogens with one attached hydrogen (secondary N) is 2. The summed E-state index contributed by atoms with van der Waals surface area (Å²) in [6.45, 7) is 5.52. The van der Waals surface area contributed by atoms with Crippen LogP contribution in [0.25, 0.3) is 0 Å². The second kappa shape index (κ2) is 5.27. The van der Waals surface area contributed by atoms with E-state index in [0.29, 0.717) is 17.4 Å². The van der Waals surface area contributed by atoms with Crippen LogP contribution in [0.1, 0.15) is 43.9 Å². The van der Waals surface area contributed by atoms with Gasteiger partial charge in [0.2, 0.25) is 11.8 Å². The van der Waals surface area contributed by atoms with E-state index in [2.05, 4.69) is 23.2 Å². The van der Waals surface area contributed by atoms with E-state index in [1.54, 1.807) is 4.90 Å². The van der Waals surface area contributed by atoms with E-state index in [-0.39, 0.29) is 11.3 Å². The molecule has 3 saturated heterocycles. The maximum Gasteiger partial charge on any atom is 0.244 e. The number of nitrogens with two attached hydrogens (primary N) is 1. The monoisotopic (exact) mass is 314 g/mol. The van der Waals surface area contributed by atoms with Crippen LogP contribution in [0.15, 0.2) is 11.5 Å². The first-order chi connectivity index (χ1) is 11.2. The molecule has 0 saturated carbocycles. The second-order valence-corrected chi connectivity index (χ2v) is 7.11. The molecule has 122 valence electrons. The lowest BCUT2D eigenvalue weighted by atomic mass is 9.58. The van der Waals surface area contributed by atoms with E-state index < -0.39 is 0 Å². The molecular formula is C17H24N5O+. The number of aryl methyl sites for hydroxylation is 1. The second-order valence-electron chi connectivity index (χ2n) is 7.11. The Bertz CT molecular complexity index is 692. The summed E-state index contributed by atoms with van der Waals surface area (Å²) in [7, 11) is 0. The third-order valence-electron chi connectivity index (χ3n) is 5.96. The molecule has 4 aliphatic heterocycles. The molecule has 4 N–H and O–H groups in total. The Labute approximate surface area is 136 Å². The smallest absolute Gasteiger partial charge is 0.244 e. The van der Waals surface area contributed by atoms with E-state index in [4.69, 9.17) is 10.5 Å². The maximum atomic E-state index is 9.83. The van der Waals surface area contributed by atoms with Crippen molar-refractivity contribution in [1.29, 1.82) is 5.26 Å². The van der Waals surface area contributed by atoms with Crippen LogP contribution in [0.3, 0.4) is 0 Å². The SMILES string of the molecule is CCCCc1[nH]nc2c1[C@]1(C[NH+]3CCC1CC3)C(C#N)=C(N)O2. The molecule has 3 fully saturated rings. The molecule has 1 aromatic heterocycles. The molecule has 0 amide bonds. The quantitative estimate of drug-likeness (QED) is 0.752. The number of ether oxygens (including phenoxy) is 1. The number of hydrogen-bond acceptors (Lipinski definition) is 4. The Balaban J connectivity index is 1.89. The van der Waals surface area contributed by atoms with Crippen LogP contribution in [-0.2, 0) is 11.8 Å². The number of rotatable bonds is 3. The van der Waals surface area contributed by atoms with Crippen LogP contribution in [0.4, 0.5) is 0 Å². The fourth-order valence-electron chi connectivity index (χ4n) is 4.90. The van der Waals surface area contributed by atoms with Crippen molar-refractivity contribution >= 4 is 0 Å². The van der Waals surface area contributed by atoms with Gasteiger partial charge in [-0.05, 0) is 18.8 Å². The largest absolute Gasteiger partial charge is 0.420 e. The lowest BCUT2D eigenvalue weighted by Gasteiger charge is -2.51. The molecule has 0 radical (unpaired) electrons. The Hall–Kier alpha value is -2.00. The van der Waals surface area contributed by atoms with Gasteiger partial charge in [0.05, 0.1) is 30.6 Å². The van der Waals surface area contributed by atoms with E-state index in [1.165, 1.54) is 13.1 Å². The first-order valence-electron chi connectivity index (χ1n) is 8.70. The maximum absolute atomic E-state index is 9.83. The molecular weight excluding hydrogens is 290 g/mol. The average molecular weight is 314 g/mol. The zero-order valence-corrected chi connectivity index (χ0v) is 13.6. The minimum Gasteiger partial charge on any atom is -0.420 e. The van der Waals surface area contributed by atoms with Gasteiger partial charge in [0.15, 0.2) is 0 Å². The molecule has 0 unspecified atom stereocenters. The number of aromatic amines is 1. The Kier molecular flexibility index (Phi) is 3.34. The van der Waals surface area contributed by atoms with Crippen LogP contribution in [0, 0.1) is 17.2 Å². The zero-order valence-electron chi connectivity index (χ0n) is 13.6. The summed E-state index contributed by atoms with van der Waals surface area (Å²) >= 11 is 0. The summed E-state index contributed by atoms with van der Waals surface area (Å²) in [5.41, 5.74) is 8.71. The Morgan fingerprint density at radius 3 is 2.87 bits per heavy atom. The summed E-state index contributed by atoms with van der Waals surface area (Å²) in [5.74, 6) is 1.32. The fourth-order valence-corrected chi connectivity index (χ4v) is 4.90. The van der Waals surface area contributed by atoms with Gasteiger partial charge in [-0.3, -0.25) is 5.10 Å². The highest BCUT2D eigenvalue weighted by atomic mass is 16.5. The number of piperidine rings is 3. The first kappa shape index (κ1) is 14.6. The van der Waals surface area contributed by atoms with E-state index in [9.17, 15) is 5.26 Å². The van der Waals surface area contributed by atoms with Gasteiger partial charge in [-0.2, -0.15) is 5.26 Å². The Morgan fingerprint density at radius 1 is 1.48 bits per heavy atom. The summed E-state index contributed by atoms with van der Waals surface area (Å²) < 4.78 is 5.71. The lowest BCUT2D eigenvalue weighted by molar-refractivity contribution is -0.921. The molecule has 23 heavy (non-hydrogen) atoms. The minimum absolute atomic E-state index is 0.252. The van der Waals surface area contributed by atoms with Crippen LogP contribution in [-0.4, -0.2) is 29.8 Å². The molecule has 2 bridgehead atoms. The fraction of sp³-hybridized carbons (Fsp3) is 0.647. The molecule has 1 aromatic rings. The van der Waals surface area contributed by atoms with Crippen LogP contribution >= 0.6 is 0 Å². The number of H-pyrrole nitrogens is 1. The van der Waals surface area contributed by atoms with Crippen molar-refractivity contribution in [3.63, 3.8) is 0 Å². The van der Waals surface area contributed by atoms with Gasteiger partial charge in [0, 0.05) is 18.5 Å². The third-order valence-corrected chi connectivity index (χ3v) is 5.96. The number of aromatic nitrogens is 2. The number of fused-ring (bicyclic) bond motifs is 3. The summed E-state index contributed by atoms with van der Waals surface area (Å²) in [5, 5.41) is 17.4. The van der Waals surface area contributed by atoms with E-state index >= 15 is 0 Å². The van der Waals surface area contributed by atoms with Gasteiger partial charge in [-0.15, -0.1) is 5.10 Å². The molecule has 0 aromatic carbocycles. The van der Waals surface area contributed by atoms with Crippen molar-refractivity contribution in [1.82, 2.24) is 10.2 Å². The highest BCUT2D eigenvalue weighted by Crippen LogP contribution is 2.51. The lowest BCUT2D eigenvalue weighted by Crippen LogP contribution is -3.17. The van der Waals surface area contributed by atoms with Gasteiger partial charge < -0.3 is 15.4 Å². The molecule has 6 nitrogen and oxygen atoms in total. The standard InChI is InChI=1S/C17H23N5O/c1-2-3-4-13-14-16(21-20-13)23-15(19)12(9-18)17(14)10-22-7-5-11(17)6-8-22/h11H,2-8,10,19H2,1H3,(H,20,21)/p+1/t17-/m0/s1. The molecule has 5 heterocycles. The Morgan fingerprint density at radius 2 is 2.26 bits per heavy atom. The molecule has 1 atom stereocenters. The van der Waals surface area contributed by atoms with Crippen molar-refractivity contribution in [3.05, 3.63) is 22.7 Å². The number of hydrogen-bond donors (Lipinski definition) is 3. The summed E-state index contributed by atoms with van der Waals surface area (Å²) in [4.78, 5) is 1.57. The summed E-state index contributed by atoms with van der Waals surface area (Å²) in [6, 6.07) is 2.39. The third kappa shape index (κ3) is 1.93. The summed E-state index contributed by atoms with van der Waals surface area (Å²) in [6.07, 6.45) is 5.47. The molecule has 0 aliphatic carbocycles. The van der Waals surface area contributed by atoms with Crippen molar-refractivity contribution < 1.29 is 9.64 Å². The predicted octanol–water partition coefficient (Wildman–Crippen LogP) is 0.385. The molecule has 5 rings (SSSR count). The van der Waals surface area contributed by atoms with E-state index in [1.807, 2.05) is 0 Å². The van der Waals surface area contributed by atoms with Crippen molar-refractivity contribution in [2.45, 2.75) is 44.4 Å². The van der Waals surface area contributed by atoms with Gasteiger partial charge in [-0.1, -0.05) is 13.3 Å². The zero-order chi connectivity index (χ0) is 16.0. The molecule has 6 heteroatoms. The number of quaternary nitrogens is 1. The van der Waals surface area contributed by atoms with Crippen LogP contribution < -0.4 is 15.4 Å².